The Hall–Kier alpha value is -0.523. The van der Waals surface area contributed by atoms with Crippen LogP contribution in [0.1, 0.15) is 0 Å². The van der Waals surface area contributed by atoms with Crippen molar-refractivity contribution in [2.45, 2.75) is 0 Å². The fourth-order valence-corrected chi connectivity index (χ4v) is 1.23. The van der Waals surface area contributed by atoms with Gasteiger partial charge in [-0.1, -0.05) is 0 Å². The molecule has 0 heterocycles. The molecule has 0 N–H and O–H groups in total. The summed E-state index contributed by atoms with van der Waals surface area (Å²) >= 11 is 0. The van der Waals surface area contributed by atoms with Gasteiger partial charge in [0.25, 0.3) is 0 Å². The monoisotopic (exact) mass is 177 g/mol. The molecule has 0 saturated carbocycles. The first-order valence-corrected chi connectivity index (χ1v) is 4.47. The second-order valence-electron chi connectivity index (χ2n) is 1.60. The third-order valence-electron chi connectivity index (χ3n) is 0.906. The molecule has 0 rings (SSSR count). The highest BCUT2D eigenvalue weighted by molar-refractivity contribution is 6.36. The van der Waals surface area contributed by atoms with Gasteiger partial charge in [-0.15, -0.1) is 0 Å². The molecule has 0 aromatic carbocycles. The quantitative estimate of drug-likeness (QED) is 0.234. The van der Waals surface area contributed by atoms with Crippen LogP contribution in [-0.2, 0) is 18.1 Å². The normalized spacial score (nSPS) is 9.73. The van der Waals surface area contributed by atoms with Crippen LogP contribution in [-0.4, -0.2) is 43.0 Å². The molecule has 0 aliphatic carbocycles. The van der Waals surface area contributed by atoms with E-state index in [0.717, 1.165) is 0 Å². The van der Waals surface area contributed by atoms with Gasteiger partial charge in [0, 0.05) is 14.2 Å². The Labute approximate surface area is 66.9 Å². The predicted molar refractivity (Wildman–Crippen MR) is 40.1 cm³/mol. The topological polar surface area (TPSA) is 57.1 Å². The van der Waals surface area contributed by atoms with Crippen molar-refractivity contribution in [1.82, 2.24) is 0 Å². The van der Waals surface area contributed by atoms with Gasteiger partial charge in [-0.3, -0.25) is 0 Å². The van der Waals surface area contributed by atoms with Gasteiger partial charge in [0.2, 0.25) is 6.08 Å². The van der Waals surface area contributed by atoms with Crippen molar-refractivity contribution < 1.29 is 18.1 Å². The molecule has 0 aliphatic heterocycles. The molecule has 0 aromatic rings. The van der Waals surface area contributed by atoms with Crippen molar-refractivity contribution in [3.63, 3.8) is 0 Å². The highest BCUT2D eigenvalue weighted by Crippen LogP contribution is 1.86. The van der Waals surface area contributed by atoms with Crippen LogP contribution in [0.25, 0.3) is 0 Å². The minimum absolute atomic E-state index is 0.305. The predicted octanol–water partition coefficient (Wildman–Crippen LogP) is -0.651. The SMILES string of the molecule is CO[SiH](OC)OCCN=C=O. The fraction of sp³-hybridized carbons (Fsp3) is 0.800. The summed E-state index contributed by atoms with van der Waals surface area (Å²) < 4.78 is 14.7. The lowest BCUT2D eigenvalue weighted by Crippen LogP contribution is -2.25. The van der Waals surface area contributed by atoms with E-state index in [-0.39, 0.29) is 0 Å². The number of isocyanates is 1. The van der Waals surface area contributed by atoms with Gasteiger partial charge >= 0.3 is 9.53 Å². The minimum Gasteiger partial charge on any atom is -0.379 e. The molecule has 0 radical (unpaired) electrons. The molecule has 0 spiro atoms. The third-order valence-corrected chi connectivity index (χ3v) is 2.18. The van der Waals surface area contributed by atoms with Gasteiger partial charge in [-0.2, -0.15) is 0 Å². The van der Waals surface area contributed by atoms with Crippen molar-refractivity contribution in [3.8, 4) is 0 Å². The number of rotatable bonds is 6. The van der Waals surface area contributed by atoms with Crippen molar-refractivity contribution in [1.29, 1.82) is 0 Å². The summed E-state index contributed by atoms with van der Waals surface area (Å²) in [6, 6.07) is 0. The largest absolute Gasteiger partial charge is 0.483 e. The second kappa shape index (κ2) is 7.58. The Morgan fingerprint density at radius 1 is 1.45 bits per heavy atom. The minimum atomic E-state index is -1.92. The Morgan fingerprint density at radius 2 is 2.09 bits per heavy atom. The van der Waals surface area contributed by atoms with Crippen LogP contribution in [0.3, 0.4) is 0 Å². The maximum atomic E-state index is 9.59. The van der Waals surface area contributed by atoms with Gasteiger partial charge in [0.1, 0.15) is 0 Å². The molecule has 0 saturated heterocycles. The number of nitrogens with zero attached hydrogens (tertiary/aromatic N) is 1. The molecule has 0 aliphatic rings. The third kappa shape index (κ3) is 5.90. The zero-order chi connectivity index (χ0) is 8.53. The molecule has 6 heteroatoms. The van der Waals surface area contributed by atoms with E-state index in [1.807, 2.05) is 0 Å². The van der Waals surface area contributed by atoms with Gasteiger partial charge in [0.05, 0.1) is 13.2 Å². The number of hydrogen-bond donors (Lipinski definition) is 0. The molecular weight excluding hydrogens is 166 g/mol. The zero-order valence-corrected chi connectivity index (χ0v) is 7.73. The number of aliphatic imine (C=N–C) groups is 1. The average Bonchev–Trinajstić information content (AvgIpc) is 2.05. The molecule has 0 amide bonds. The van der Waals surface area contributed by atoms with Crippen LogP contribution in [0, 0.1) is 0 Å². The Kier molecular flexibility index (Phi) is 7.22. The fourth-order valence-electron chi connectivity index (χ4n) is 0.473. The summed E-state index contributed by atoms with van der Waals surface area (Å²) in [4.78, 5) is 12.9. The number of carbonyl (C=O) groups excluding carboxylic acids is 1. The molecule has 0 bridgehead atoms. The molecule has 0 atom stereocenters. The van der Waals surface area contributed by atoms with Crippen molar-refractivity contribution in [3.05, 3.63) is 0 Å². The van der Waals surface area contributed by atoms with Crippen LogP contribution < -0.4 is 0 Å². The smallest absolute Gasteiger partial charge is 0.379 e. The highest BCUT2D eigenvalue weighted by atomic mass is 28.3. The van der Waals surface area contributed by atoms with Gasteiger partial charge < -0.3 is 13.3 Å². The molecule has 5 nitrogen and oxygen atoms in total. The molecule has 0 unspecified atom stereocenters. The molecule has 64 valence electrons. The lowest BCUT2D eigenvalue weighted by molar-refractivity contribution is 0.139. The second-order valence-corrected chi connectivity index (χ2v) is 3.46. The van der Waals surface area contributed by atoms with Crippen molar-refractivity contribution in [2.24, 2.45) is 4.99 Å². The van der Waals surface area contributed by atoms with Crippen LogP contribution in [0.2, 0.25) is 0 Å². The first kappa shape index (κ1) is 10.5. The first-order valence-electron chi connectivity index (χ1n) is 3.06. The summed E-state index contributed by atoms with van der Waals surface area (Å²) in [7, 11) is 1.11. The lowest BCUT2D eigenvalue weighted by atomic mass is 10.7. The molecule has 11 heavy (non-hydrogen) atoms. The maximum Gasteiger partial charge on any atom is 0.483 e. The van der Waals surface area contributed by atoms with Crippen LogP contribution in [0.4, 0.5) is 0 Å². The summed E-state index contributed by atoms with van der Waals surface area (Å²) in [6.07, 6.45) is 1.41. The molecule has 0 fully saturated rings. The van der Waals surface area contributed by atoms with Gasteiger partial charge in [-0.25, -0.2) is 9.79 Å². The highest BCUT2D eigenvalue weighted by Gasteiger charge is 2.08. The van der Waals surface area contributed by atoms with E-state index < -0.39 is 9.53 Å². The summed E-state index contributed by atoms with van der Waals surface area (Å²) in [5, 5.41) is 0. The zero-order valence-electron chi connectivity index (χ0n) is 6.57. The van der Waals surface area contributed by atoms with E-state index in [2.05, 4.69) is 4.99 Å². The maximum absolute atomic E-state index is 9.59. The van der Waals surface area contributed by atoms with E-state index in [0.29, 0.717) is 13.2 Å². The van der Waals surface area contributed by atoms with E-state index in [1.165, 1.54) is 20.3 Å². The lowest BCUT2D eigenvalue weighted by Gasteiger charge is -2.09. The van der Waals surface area contributed by atoms with Gasteiger partial charge in [0.15, 0.2) is 0 Å². The van der Waals surface area contributed by atoms with E-state index in [9.17, 15) is 4.79 Å². The Bertz CT molecular complexity index is 132. The Balaban J connectivity index is 3.27. The Morgan fingerprint density at radius 3 is 2.55 bits per heavy atom. The van der Waals surface area contributed by atoms with Crippen LogP contribution in [0.15, 0.2) is 4.99 Å². The summed E-state index contributed by atoms with van der Waals surface area (Å²) in [5.41, 5.74) is 0. The van der Waals surface area contributed by atoms with Crippen molar-refractivity contribution in [2.75, 3.05) is 27.4 Å². The number of hydrogen-bond acceptors (Lipinski definition) is 5. The average molecular weight is 177 g/mol. The first-order chi connectivity index (χ1) is 5.35. The standard InChI is InChI=1S/C5H11NO4Si/c1-8-11(9-2)10-4-3-6-5-7/h11H,3-4H2,1-2H3. The summed E-state index contributed by atoms with van der Waals surface area (Å²) in [5.74, 6) is 0. The van der Waals surface area contributed by atoms with E-state index in [1.54, 1.807) is 0 Å². The summed E-state index contributed by atoms with van der Waals surface area (Å²) in [6.45, 7) is 0.646. The van der Waals surface area contributed by atoms with E-state index >= 15 is 0 Å². The van der Waals surface area contributed by atoms with Crippen molar-refractivity contribution >= 4 is 15.6 Å². The molecule has 0 aromatic heterocycles. The van der Waals surface area contributed by atoms with E-state index in [4.69, 9.17) is 13.3 Å². The molecular formula is C5H11NO4Si. The van der Waals surface area contributed by atoms with Gasteiger partial charge in [-0.05, 0) is 0 Å². The van der Waals surface area contributed by atoms with Crippen LogP contribution >= 0.6 is 0 Å². The van der Waals surface area contributed by atoms with Crippen LogP contribution in [0.5, 0.6) is 0 Å².